The number of benzene rings is 3. The van der Waals surface area contributed by atoms with Gasteiger partial charge in [0.05, 0.1) is 0 Å². The summed E-state index contributed by atoms with van der Waals surface area (Å²) in [6.07, 6.45) is 3.93. The number of hydrogen-bond donors (Lipinski definition) is 0. The van der Waals surface area contributed by atoms with Crippen LogP contribution in [0.4, 0.5) is 11.4 Å². The molecular formula is C39H53BN2. The number of anilines is 2. The first-order chi connectivity index (χ1) is 20.1. The molecule has 0 N–H and O–H groups in total. The van der Waals surface area contributed by atoms with Crippen molar-refractivity contribution >= 4 is 23.9 Å². The molecule has 42 heavy (non-hydrogen) atoms. The van der Waals surface area contributed by atoms with Crippen LogP contribution < -0.4 is 9.62 Å². The van der Waals surface area contributed by atoms with E-state index in [0.29, 0.717) is 23.7 Å². The third-order valence-corrected chi connectivity index (χ3v) is 8.98. The SMILES string of the molecule is C=CC/C(=C(/CC)B1N(c2c(C(C)C)cccc2C(C)C)CCN1c1c(C(C)C)cccc1C(C)C)c1ccccc1. The molecule has 1 fully saturated rings. The van der Waals surface area contributed by atoms with Gasteiger partial charge in [-0.25, -0.2) is 0 Å². The maximum Gasteiger partial charge on any atom is 0.407 e. The van der Waals surface area contributed by atoms with E-state index in [1.807, 2.05) is 0 Å². The lowest BCUT2D eigenvalue weighted by atomic mass is 9.59. The van der Waals surface area contributed by atoms with Gasteiger partial charge in [0.15, 0.2) is 0 Å². The monoisotopic (exact) mass is 560 g/mol. The van der Waals surface area contributed by atoms with E-state index in [0.717, 1.165) is 25.9 Å². The van der Waals surface area contributed by atoms with Crippen LogP contribution in [0.5, 0.6) is 0 Å². The van der Waals surface area contributed by atoms with Crippen molar-refractivity contribution < 1.29 is 0 Å². The van der Waals surface area contributed by atoms with Gasteiger partial charge < -0.3 is 9.62 Å². The average molecular weight is 561 g/mol. The van der Waals surface area contributed by atoms with E-state index in [2.05, 4.69) is 151 Å². The smallest absolute Gasteiger partial charge is 0.390 e. The van der Waals surface area contributed by atoms with Gasteiger partial charge in [0, 0.05) is 24.5 Å². The summed E-state index contributed by atoms with van der Waals surface area (Å²) in [6, 6.07) is 25.0. The molecule has 0 bridgehead atoms. The Morgan fingerprint density at radius 3 is 1.40 bits per heavy atom. The largest absolute Gasteiger partial charge is 0.407 e. The number of rotatable bonds is 11. The Kier molecular flexibility index (Phi) is 10.5. The molecule has 1 aliphatic rings. The van der Waals surface area contributed by atoms with E-state index in [1.54, 1.807) is 0 Å². The summed E-state index contributed by atoms with van der Waals surface area (Å²) in [5.41, 5.74) is 12.9. The summed E-state index contributed by atoms with van der Waals surface area (Å²) in [7, 11) is 0. The quantitative estimate of drug-likeness (QED) is 0.170. The minimum atomic E-state index is 0.125. The van der Waals surface area contributed by atoms with E-state index in [4.69, 9.17) is 0 Å². The summed E-state index contributed by atoms with van der Waals surface area (Å²) in [4.78, 5) is 5.55. The molecule has 4 rings (SSSR count). The normalized spacial score (nSPS) is 14.5. The average Bonchev–Trinajstić information content (AvgIpc) is 3.40. The van der Waals surface area contributed by atoms with Crippen LogP contribution in [-0.2, 0) is 0 Å². The fraction of sp³-hybridized carbons (Fsp3) is 0.436. The Labute approximate surface area is 257 Å². The highest BCUT2D eigenvalue weighted by Crippen LogP contribution is 2.44. The highest BCUT2D eigenvalue weighted by Gasteiger charge is 2.44. The highest BCUT2D eigenvalue weighted by atomic mass is 15.3. The molecule has 1 saturated heterocycles. The molecule has 3 heteroatoms. The lowest BCUT2D eigenvalue weighted by Crippen LogP contribution is -2.48. The topological polar surface area (TPSA) is 6.48 Å². The van der Waals surface area contributed by atoms with Crippen molar-refractivity contribution in [3.8, 4) is 0 Å². The molecule has 222 valence electrons. The fourth-order valence-corrected chi connectivity index (χ4v) is 6.93. The van der Waals surface area contributed by atoms with Gasteiger partial charge in [-0.2, -0.15) is 0 Å². The van der Waals surface area contributed by atoms with Crippen LogP contribution in [0.1, 0.15) is 127 Å². The number of hydrogen-bond acceptors (Lipinski definition) is 2. The molecule has 1 aliphatic heterocycles. The van der Waals surface area contributed by atoms with Crippen molar-refractivity contribution in [1.82, 2.24) is 0 Å². The second-order valence-corrected chi connectivity index (χ2v) is 13.2. The van der Waals surface area contributed by atoms with Crippen LogP contribution >= 0.6 is 0 Å². The molecular weight excluding hydrogens is 507 g/mol. The molecule has 0 atom stereocenters. The first-order valence-corrected chi connectivity index (χ1v) is 16.3. The predicted octanol–water partition coefficient (Wildman–Crippen LogP) is 11.0. The fourth-order valence-electron chi connectivity index (χ4n) is 6.93. The molecule has 0 amide bonds. The van der Waals surface area contributed by atoms with Gasteiger partial charge in [0.2, 0.25) is 0 Å². The second kappa shape index (κ2) is 13.9. The van der Waals surface area contributed by atoms with Gasteiger partial charge in [0.25, 0.3) is 0 Å². The van der Waals surface area contributed by atoms with Gasteiger partial charge in [-0.05, 0) is 69.9 Å². The summed E-state index contributed by atoms with van der Waals surface area (Å²) >= 11 is 0. The molecule has 0 aromatic heterocycles. The van der Waals surface area contributed by atoms with Crippen LogP contribution in [0.15, 0.2) is 84.9 Å². The maximum absolute atomic E-state index is 4.21. The first-order valence-electron chi connectivity index (χ1n) is 16.3. The van der Waals surface area contributed by atoms with Crippen molar-refractivity contribution in [3.63, 3.8) is 0 Å². The zero-order valence-electron chi connectivity index (χ0n) is 27.7. The van der Waals surface area contributed by atoms with Gasteiger partial charge in [-0.3, -0.25) is 0 Å². The third kappa shape index (κ3) is 6.26. The number of nitrogens with zero attached hydrogens (tertiary/aromatic N) is 2. The Bertz CT molecular complexity index is 1260. The van der Waals surface area contributed by atoms with Gasteiger partial charge >= 0.3 is 6.98 Å². The zero-order valence-corrected chi connectivity index (χ0v) is 27.7. The van der Waals surface area contributed by atoms with Crippen molar-refractivity contribution in [2.24, 2.45) is 0 Å². The Morgan fingerprint density at radius 2 is 1.07 bits per heavy atom. The van der Waals surface area contributed by atoms with Gasteiger partial charge in [0.1, 0.15) is 0 Å². The Balaban J connectivity index is 2.10. The second-order valence-electron chi connectivity index (χ2n) is 13.2. The molecule has 1 heterocycles. The van der Waals surface area contributed by atoms with E-state index >= 15 is 0 Å². The van der Waals surface area contributed by atoms with E-state index in [-0.39, 0.29) is 6.98 Å². The minimum Gasteiger partial charge on any atom is -0.390 e. The van der Waals surface area contributed by atoms with E-state index < -0.39 is 0 Å². The van der Waals surface area contributed by atoms with Crippen LogP contribution in [-0.4, -0.2) is 20.1 Å². The molecule has 3 aromatic carbocycles. The van der Waals surface area contributed by atoms with Crippen molar-refractivity contribution in [1.29, 1.82) is 0 Å². The molecule has 0 aliphatic carbocycles. The van der Waals surface area contributed by atoms with E-state index in [1.165, 1.54) is 50.2 Å². The van der Waals surface area contributed by atoms with Crippen LogP contribution in [0, 0.1) is 0 Å². The third-order valence-electron chi connectivity index (χ3n) is 8.98. The summed E-state index contributed by atoms with van der Waals surface area (Å²) < 4.78 is 0. The van der Waals surface area contributed by atoms with E-state index in [9.17, 15) is 0 Å². The number of para-hydroxylation sites is 2. The molecule has 0 radical (unpaired) electrons. The molecule has 0 spiro atoms. The van der Waals surface area contributed by atoms with Gasteiger partial charge in [-0.15, -0.1) is 6.58 Å². The molecule has 3 aromatic rings. The number of allylic oxidation sites excluding steroid dienone is 3. The van der Waals surface area contributed by atoms with Gasteiger partial charge in [-0.1, -0.05) is 141 Å². The first kappa shape index (κ1) is 31.7. The molecule has 2 nitrogen and oxygen atoms in total. The van der Waals surface area contributed by atoms with Crippen molar-refractivity contribution in [3.05, 3.63) is 113 Å². The summed E-state index contributed by atoms with van der Waals surface area (Å²) in [6.45, 7) is 27.5. The van der Waals surface area contributed by atoms with Crippen LogP contribution in [0.3, 0.4) is 0 Å². The van der Waals surface area contributed by atoms with Crippen LogP contribution in [0.25, 0.3) is 5.57 Å². The van der Waals surface area contributed by atoms with Crippen molar-refractivity contribution in [2.75, 3.05) is 22.7 Å². The predicted molar refractivity (Wildman–Crippen MR) is 188 cm³/mol. The highest BCUT2D eigenvalue weighted by molar-refractivity contribution is 6.76. The summed E-state index contributed by atoms with van der Waals surface area (Å²) in [5, 5.41) is 0. The lowest BCUT2D eigenvalue weighted by molar-refractivity contribution is 0.821. The van der Waals surface area contributed by atoms with Crippen LogP contribution in [0.2, 0.25) is 0 Å². The standard InChI is InChI=1S/C39H53BN2/c1-11-18-36(31-19-14-13-15-20-31)37(12-2)40-41(38-32(27(3)4)21-16-22-33(38)28(5)6)25-26-42(40)39-34(29(7)8)23-17-24-35(39)30(9)10/h11,13-17,19-24,27-30H,1,12,18,25-26H2,2-10H3/b37-36+. The molecule has 0 saturated carbocycles. The molecule has 0 unspecified atom stereocenters. The summed E-state index contributed by atoms with van der Waals surface area (Å²) in [5.74, 6) is 1.77. The lowest BCUT2D eigenvalue weighted by Gasteiger charge is -2.37. The Morgan fingerprint density at radius 1 is 0.667 bits per heavy atom. The maximum atomic E-state index is 4.21. The van der Waals surface area contributed by atoms with Crippen molar-refractivity contribution in [2.45, 2.75) is 98.8 Å². The zero-order chi connectivity index (χ0) is 30.6. The Hall–Kier alpha value is -3.20. The minimum absolute atomic E-state index is 0.125.